The summed E-state index contributed by atoms with van der Waals surface area (Å²) in [5.41, 5.74) is 3.91. The van der Waals surface area contributed by atoms with E-state index in [1.54, 1.807) is 21.1 Å². The van der Waals surface area contributed by atoms with Gasteiger partial charge in [0.05, 0.1) is 12.1 Å². The van der Waals surface area contributed by atoms with Crippen LogP contribution in [0.15, 0.2) is 40.8 Å². The first-order valence-electron chi connectivity index (χ1n) is 11.9. The Morgan fingerprint density at radius 3 is 2.46 bits per heavy atom. The standard InChI is InChI=1S/C26H26ClN7O2S/c1-5-28-26(36)33-12-10-32(11-13-33)21(35)14-20-24-31-30-17(4)34(24)25-22(15(2)16(3)37-25)23(29-20)18-6-8-19(27)9-7-18/h6-9,20H,1,10-14H2,2-4H3. The third-order valence-electron chi connectivity index (χ3n) is 6.80. The number of aryl methyl sites for hydroxylation is 2. The number of hydrogen-bond donors (Lipinski definition) is 0. The lowest BCUT2D eigenvalue weighted by atomic mass is 9.99. The minimum Gasteiger partial charge on any atom is -0.339 e. The lowest BCUT2D eigenvalue weighted by molar-refractivity contribution is -0.133. The molecule has 11 heteroatoms. The predicted octanol–water partition coefficient (Wildman–Crippen LogP) is 4.31. The number of hydrogen-bond acceptors (Lipinski definition) is 6. The van der Waals surface area contributed by atoms with E-state index >= 15 is 0 Å². The van der Waals surface area contributed by atoms with Gasteiger partial charge in [-0.1, -0.05) is 23.7 Å². The number of nitrogens with zero attached hydrogens (tertiary/aromatic N) is 7. The summed E-state index contributed by atoms with van der Waals surface area (Å²) in [4.78, 5) is 38.8. The maximum atomic E-state index is 13.5. The summed E-state index contributed by atoms with van der Waals surface area (Å²) in [5.74, 6) is 3.62. The van der Waals surface area contributed by atoms with Gasteiger partial charge in [-0.05, 0) is 50.9 Å². The van der Waals surface area contributed by atoms with Crippen molar-refractivity contribution in [3.8, 4) is 5.00 Å². The second-order valence-electron chi connectivity index (χ2n) is 9.03. The molecule has 3 aromatic rings. The zero-order valence-corrected chi connectivity index (χ0v) is 22.4. The fourth-order valence-corrected chi connectivity index (χ4v) is 6.05. The van der Waals surface area contributed by atoms with Crippen LogP contribution >= 0.6 is 22.9 Å². The minimum atomic E-state index is -0.524. The van der Waals surface area contributed by atoms with Crippen molar-refractivity contribution in [3.05, 3.63) is 69.1 Å². The Morgan fingerprint density at radius 2 is 1.78 bits per heavy atom. The van der Waals surface area contributed by atoms with Gasteiger partial charge in [0.1, 0.15) is 16.9 Å². The lowest BCUT2D eigenvalue weighted by Crippen LogP contribution is -2.50. The summed E-state index contributed by atoms with van der Waals surface area (Å²) < 4.78 is 2.04. The van der Waals surface area contributed by atoms with Crippen molar-refractivity contribution < 1.29 is 9.59 Å². The first-order valence-corrected chi connectivity index (χ1v) is 13.1. The number of amides is 3. The molecule has 2 aliphatic rings. The Morgan fingerprint density at radius 1 is 1.11 bits per heavy atom. The molecule has 5 rings (SSSR count). The van der Waals surface area contributed by atoms with E-state index in [-0.39, 0.29) is 18.4 Å². The fourth-order valence-electron chi connectivity index (χ4n) is 4.71. The van der Waals surface area contributed by atoms with Gasteiger partial charge >= 0.3 is 6.03 Å². The molecule has 4 heterocycles. The van der Waals surface area contributed by atoms with Crippen LogP contribution in [0.1, 0.15) is 45.7 Å². The maximum absolute atomic E-state index is 13.5. The van der Waals surface area contributed by atoms with Gasteiger partial charge in [0.15, 0.2) is 5.82 Å². The van der Waals surface area contributed by atoms with Gasteiger partial charge in [-0.15, -0.1) is 26.5 Å². The number of fused-ring (bicyclic) bond motifs is 3. The van der Waals surface area contributed by atoms with Crippen LogP contribution < -0.4 is 0 Å². The highest BCUT2D eigenvalue weighted by Crippen LogP contribution is 2.39. The first kappa shape index (κ1) is 25.1. The molecular weight excluding hydrogens is 510 g/mol. The van der Waals surface area contributed by atoms with Crippen LogP contribution in [-0.4, -0.2) is 74.3 Å². The van der Waals surface area contributed by atoms with Crippen LogP contribution in [-0.2, 0) is 4.79 Å². The van der Waals surface area contributed by atoms with Gasteiger partial charge in [-0.2, -0.15) is 0 Å². The van der Waals surface area contributed by atoms with E-state index in [1.807, 2.05) is 35.8 Å². The number of carbonyl (C=O) groups is 2. The minimum absolute atomic E-state index is 0.0473. The van der Waals surface area contributed by atoms with Gasteiger partial charge in [0, 0.05) is 47.2 Å². The highest BCUT2D eigenvalue weighted by molar-refractivity contribution is 7.15. The Kier molecular flexibility index (Phi) is 6.81. The van der Waals surface area contributed by atoms with Crippen LogP contribution in [0.4, 0.5) is 4.79 Å². The lowest BCUT2D eigenvalue weighted by Gasteiger charge is -2.34. The van der Waals surface area contributed by atoms with Crippen LogP contribution in [0.2, 0.25) is 5.02 Å². The molecular formula is C26H26ClN7O2S. The van der Waals surface area contributed by atoms with Crippen molar-refractivity contribution in [2.75, 3.05) is 26.2 Å². The van der Waals surface area contributed by atoms with Crippen molar-refractivity contribution in [2.24, 2.45) is 9.98 Å². The van der Waals surface area contributed by atoms with E-state index in [1.165, 1.54) is 4.88 Å². The Labute approximate surface area is 223 Å². The Bertz CT molecular complexity index is 1460. The molecule has 9 nitrogen and oxygen atoms in total. The molecule has 2 aliphatic heterocycles. The maximum Gasteiger partial charge on any atom is 0.351 e. The van der Waals surface area contributed by atoms with E-state index in [2.05, 4.69) is 41.5 Å². The number of urea groups is 1. The summed E-state index contributed by atoms with van der Waals surface area (Å²) in [7, 11) is 0. The number of thiophene rings is 1. The average Bonchev–Trinajstić information content (AvgIpc) is 3.36. The van der Waals surface area contributed by atoms with Crippen LogP contribution in [0.5, 0.6) is 0 Å². The third kappa shape index (κ3) is 4.64. The van der Waals surface area contributed by atoms with Gasteiger partial charge in [0.25, 0.3) is 0 Å². The van der Waals surface area contributed by atoms with Crippen LogP contribution in [0.25, 0.3) is 5.00 Å². The SMILES string of the molecule is C=C=NC(=O)N1CCN(C(=O)CC2N=C(c3ccc(Cl)cc3)c3c(sc(C)c3C)-n3c(C)nnc32)CC1. The monoisotopic (exact) mass is 535 g/mol. The normalized spacial score (nSPS) is 16.9. The molecule has 37 heavy (non-hydrogen) atoms. The molecule has 1 atom stereocenters. The highest BCUT2D eigenvalue weighted by atomic mass is 35.5. The van der Waals surface area contributed by atoms with E-state index in [0.717, 1.165) is 33.2 Å². The largest absolute Gasteiger partial charge is 0.351 e. The molecule has 0 N–H and O–H groups in total. The molecule has 3 amide bonds. The zero-order valence-electron chi connectivity index (χ0n) is 20.9. The fraction of sp³-hybridized carbons (Fsp3) is 0.346. The smallest absolute Gasteiger partial charge is 0.339 e. The number of benzene rings is 1. The van der Waals surface area contributed by atoms with E-state index in [9.17, 15) is 9.59 Å². The van der Waals surface area contributed by atoms with Gasteiger partial charge in [0.2, 0.25) is 5.91 Å². The molecule has 190 valence electrons. The number of carbonyl (C=O) groups excluding carboxylic acids is 2. The summed E-state index contributed by atoms with van der Waals surface area (Å²) in [6.45, 7) is 11.1. The average molecular weight is 536 g/mol. The molecule has 0 aliphatic carbocycles. The quantitative estimate of drug-likeness (QED) is 0.467. The summed E-state index contributed by atoms with van der Waals surface area (Å²) >= 11 is 7.85. The van der Waals surface area contributed by atoms with Gasteiger partial charge < -0.3 is 9.80 Å². The molecule has 1 aromatic carbocycles. The van der Waals surface area contributed by atoms with Crippen LogP contribution in [0.3, 0.4) is 0 Å². The topological polar surface area (TPSA) is 96.1 Å². The predicted molar refractivity (Wildman–Crippen MR) is 145 cm³/mol. The molecule has 1 saturated heterocycles. The van der Waals surface area contributed by atoms with Crippen molar-refractivity contribution in [1.82, 2.24) is 24.6 Å². The molecule has 1 unspecified atom stereocenters. The Balaban J connectivity index is 1.51. The number of halogens is 1. The van der Waals surface area contributed by atoms with E-state index in [4.69, 9.17) is 16.6 Å². The summed E-state index contributed by atoms with van der Waals surface area (Å²) in [6.07, 6.45) is 0.140. The van der Waals surface area contributed by atoms with E-state index < -0.39 is 6.04 Å². The molecule has 2 aromatic heterocycles. The molecule has 0 bridgehead atoms. The molecule has 1 fully saturated rings. The second-order valence-corrected chi connectivity index (χ2v) is 10.7. The van der Waals surface area contributed by atoms with Crippen LogP contribution in [0, 0.1) is 20.8 Å². The Hall–Kier alpha value is -3.59. The first-order chi connectivity index (χ1) is 17.8. The van der Waals surface area contributed by atoms with Crippen molar-refractivity contribution in [3.63, 3.8) is 0 Å². The van der Waals surface area contributed by atoms with Gasteiger partial charge in [-0.3, -0.25) is 14.4 Å². The molecule has 0 spiro atoms. The van der Waals surface area contributed by atoms with Gasteiger partial charge in [-0.25, -0.2) is 4.79 Å². The third-order valence-corrected chi connectivity index (χ3v) is 8.25. The number of aliphatic imine (C=N–C) groups is 2. The van der Waals surface area contributed by atoms with Crippen molar-refractivity contribution >= 4 is 46.5 Å². The van der Waals surface area contributed by atoms with E-state index in [0.29, 0.717) is 37.0 Å². The number of rotatable bonds is 3. The number of piperazine rings is 1. The highest BCUT2D eigenvalue weighted by Gasteiger charge is 2.34. The summed E-state index contributed by atoms with van der Waals surface area (Å²) in [5, 5.41) is 10.5. The second kappa shape index (κ2) is 10.0. The summed E-state index contributed by atoms with van der Waals surface area (Å²) in [6, 6.07) is 6.70. The van der Waals surface area contributed by atoms with Crippen molar-refractivity contribution in [1.29, 1.82) is 0 Å². The number of aromatic nitrogens is 3. The van der Waals surface area contributed by atoms with Crippen molar-refractivity contribution in [2.45, 2.75) is 33.2 Å². The molecule has 0 saturated carbocycles. The zero-order chi connectivity index (χ0) is 26.3. The molecule has 0 radical (unpaired) electrons.